The molecule has 0 aromatic heterocycles. The Morgan fingerprint density at radius 3 is 2.55 bits per heavy atom. The number of hydrogen-bond acceptors (Lipinski definition) is 3. The molecule has 1 unspecified atom stereocenters. The molecule has 1 N–H and O–H groups in total. The third-order valence-corrected chi connectivity index (χ3v) is 5.12. The third kappa shape index (κ3) is 4.44. The number of nitrogens with one attached hydrogen (secondary N) is 1. The second kappa shape index (κ2) is 7.58. The van der Waals surface area contributed by atoms with Gasteiger partial charge in [-0.05, 0) is 57.8 Å². The Balaban J connectivity index is 1.95. The molecule has 0 aliphatic carbocycles. The van der Waals surface area contributed by atoms with Gasteiger partial charge < -0.3 is 10.1 Å². The van der Waals surface area contributed by atoms with Gasteiger partial charge in [0.15, 0.2) is 0 Å². The van der Waals surface area contributed by atoms with Crippen LogP contribution in [0.5, 0.6) is 0 Å². The Kier molecular flexibility index (Phi) is 6.35. The molecule has 3 nitrogen and oxygen atoms in total. The van der Waals surface area contributed by atoms with Crippen LogP contribution in [0.1, 0.15) is 13.8 Å². The summed E-state index contributed by atoms with van der Waals surface area (Å²) in [5, 5.41) is 3.47. The van der Waals surface area contributed by atoms with E-state index in [1.54, 1.807) is 0 Å². The van der Waals surface area contributed by atoms with E-state index < -0.39 is 0 Å². The van der Waals surface area contributed by atoms with E-state index in [-0.39, 0.29) is 6.10 Å². The van der Waals surface area contributed by atoms with Gasteiger partial charge in [0.2, 0.25) is 0 Å². The zero-order valence-corrected chi connectivity index (χ0v) is 16.4. The second-order valence-electron chi connectivity index (χ2n) is 5.21. The van der Waals surface area contributed by atoms with Crippen molar-refractivity contribution in [2.45, 2.75) is 26.0 Å². The molecule has 0 radical (unpaired) electrons. The zero-order valence-electron chi connectivity index (χ0n) is 11.6. The van der Waals surface area contributed by atoms with Crippen molar-refractivity contribution in [3.8, 4) is 0 Å². The minimum atomic E-state index is 0.230. The number of halogens is 3. The van der Waals surface area contributed by atoms with Gasteiger partial charge in [-0.1, -0.05) is 15.9 Å². The molecular formula is C14H19Br3N2O. The number of ether oxygens (including phenoxy) is 1. The van der Waals surface area contributed by atoms with Crippen molar-refractivity contribution in [2.24, 2.45) is 0 Å². The summed E-state index contributed by atoms with van der Waals surface area (Å²) in [6, 6.07) is 4.65. The van der Waals surface area contributed by atoms with Gasteiger partial charge in [0.1, 0.15) is 0 Å². The standard InChI is InChI=1S/C14H19Br3N2O/c1-9(2)19-3-4-20-11(8-19)7-18-14-12(16)5-10(15)6-13(14)17/h5-6,9,11,18H,3-4,7-8H2,1-2H3. The molecule has 1 aliphatic heterocycles. The van der Waals surface area contributed by atoms with Crippen molar-refractivity contribution >= 4 is 53.5 Å². The van der Waals surface area contributed by atoms with Crippen molar-refractivity contribution < 1.29 is 4.74 Å². The Morgan fingerprint density at radius 2 is 1.95 bits per heavy atom. The van der Waals surface area contributed by atoms with Crippen LogP contribution in [-0.2, 0) is 4.74 Å². The molecule has 1 heterocycles. The van der Waals surface area contributed by atoms with E-state index in [0.717, 1.165) is 45.3 Å². The lowest BCUT2D eigenvalue weighted by molar-refractivity contribution is -0.0315. The fraction of sp³-hybridized carbons (Fsp3) is 0.571. The molecule has 1 aliphatic rings. The predicted octanol–water partition coefficient (Wildman–Crippen LogP) is 4.50. The Morgan fingerprint density at radius 1 is 1.30 bits per heavy atom. The maximum Gasteiger partial charge on any atom is 0.0874 e. The summed E-state index contributed by atoms with van der Waals surface area (Å²) in [6.07, 6.45) is 0.230. The molecule has 112 valence electrons. The molecule has 1 fully saturated rings. The van der Waals surface area contributed by atoms with Crippen LogP contribution in [0.4, 0.5) is 5.69 Å². The second-order valence-corrected chi connectivity index (χ2v) is 7.83. The molecule has 1 atom stereocenters. The smallest absolute Gasteiger partial charge is 0.0874 e. The molecule has 0 spiro atoms. The predicted molar refractivity (Wildman–Crippen MR) is 94.5 cm³/mol. The van der Waals surface area contributed by atoms with E-state index >= 15 is 0 Å². The molecule has 1 aromatic carbocycles. The van der Waals surface area contributed by atoms with Crippen LogP contribution >= 0.6 is 47.8 Å². The molecule has 0 saturated carbocycles. The van der Waals surface area contributed by atoms with Crippen molar-refractivity contribution in [3.05, 3.63) is 25.6 Å². The highest BCUT2D eigenvalue weighted by Gasteiger charge is 2.22. The van der Waals surface area contributed by atoms with Gasteiger partial charge >= 0.3 is 0 Å². The minimum Gasteiger partial charge on any atom is -0.381 e. The maximum absolute atomic E-state index is 5.84. The van der Waals surface area contributed by atoms with E-state index in [1.165, 1.54) is 0 Å². The molecule has 20 heavy (non-hydrogen) atoms. The highest BCUT2D eigenvalue weighted by atomic mass is 79.9. The lowest BCUT2D eigenvalue weighted by atomic mass is 10.2. The van der Waals surface area contributed by atoms with Gasteiger partial charge in [-0.25, -0.2) is 0 Å². The van der Waals surface area contributed by atoms with Gasteiger partial charge in [0.05, 0.1) is 18.4 Å². The number of hydrogen-bond donors (Lipinski definition) is 1. The summed E-state index contributed by atoms with van der Waals surface area (Å²) in [6.45, 7) is 8.10. The van der Waals surface area contributed by atoms with Gasteiger partial charge in [0, 0.05) is 39.1 Å². The highest BCUT2D eigenvalue weighted by Crippen LogP contribution is 2.34. The summed E-state index contributed by atoms with van der Waals surface area (Å²) in [5.41, 5.74) is 1.07. The average Bonchev–Trinajstić information content (AvgIpc) is 2.37. The van der Waals surface area contributed by atoms with E-state index in [4.69, 9.17) is 4.74 Å². The quantitative estimate of drug-likeness (QED) is 0.701. The molecule has 6 heteroatoms. The monoisotopic (exact) mass is 468 g/mol. The van der Waals surface area contributed by atoms with Gasteiger partial charge in [-0.2, -0.15) is 0 Å². The molecule has 2 rings (SSSR count). The maximum atomic E-state index is 5.84. The summed E-state index contributed by atoms with van der Waals surface area (Å²) < 4.78 is 8.96. The number of benzene rings is 1. The first-order chi connectivity index (χ1) is 9.47. The van der Waals surface area contributed by atoms with Crippen LogP contribution in [0.25, 0.3) is 0 Å². The average molecular weight is 471 g/mol. The number of morpholine rings is 1. The fourth-order valence-corrected chi connectivity index (χ4v) is 4.80. The Bertz CT molecular complexity index is 445. The molecule has 0 bridgehead atoms. The van der Waals surface area contributed by atoms with Gasteiger partial charge in [-0.15, -0.1) is 0 Å². The van der Waals surface area contributed by atoms with Crippen LogP contribution in [-0.4, -0.2) is 43.3 Å². The summed E-state index contributed by atoms with van der Waals surface area (Å²) >= 11 is 10.6. The first kappa shape index (κ1) is 16.7. The molecular weight excluding hydrogens is 452 g/mol. The lowest BCUT2D eigenvalue weighted by Gasteiger charge is -2.35. The SMILES string of the molecule is CC(C)N1CCOC(CNc2c(Br)cc(Br)cc2Br)C1. The van der Waals surface area contributed by atoms with E-state index in [2.05, 4.69) is 71.9 Å². The van der Waals surface area contributed by atoms with Crippen molar-refractivity contribution in [1.82, 2.24) is 4.90 Å². The van der Waals surface area contributed by atoms with Crippen molar-refractivity contribution in [1.29, 1.82) is 0 Å². The van der Waals surface area contributed by atoms with E-state index in [0.29, 0.717) is 6.04 Å². The molecule has 1 saturated heterocycles. The van der Waals surface area contributed by atoms with Crippen LogP contribution in [0.3, 0.4) is 0 Å². The van der Waals surface area contributed by atoms with Gasteiger partial charge in [-0.3, -0.25) is 4.90 Å². The van der Waals surface area contributed by atoms with E-state index in [1.807, 2.05) is 12.1 Å². The first-order valence-corrected chi connectivity index (χ1v) is 9.09. The number of nitrogens with zero attached hydrogens (tertiary/aromatic N) is 1. The summed E-state index contributed by atoms with van der Waals surface area (Å²) in [5.74, 6) is 0. The van der Waals surface area contributed by atoms with Crippen LogP contribution < -0.4 is 5.32 Å². The largest absolute Gasteiger partial charge is 0.381 e. The summed E-state index contributed by atoms with van der Waals surface area (Å²) in [7, 11) is 0. The van der Waals surface area contributed by atoms with Gasteiger partial charge in [0.25, 0.3) is 0 Å². The van der Waals surface area contributed by atoms with E-state index in [9.17, 15) is 0 Å². The van der Waals surface area contributed by atoms with Crippen molar-refractivity contribution in [2.75, 3.05) is 31.6 Å². The third-order valence-electron chi connectivity index (χ3n) is 3.41. The molecule has 1 aromatic rings. The number of anilines is 1. The normalized spacial score (nSPS) is 20.4. The fourth-order valence-electron chi connectivity index (χ4n) is 2.26. The summed E-state index contributed by atoms with van der Waals surface area (Å²) in [4.78, 5) is 2.46. The zero-order chi connectivity index (χ0) is 14.7. The number of rotatable bonds is 4. The molecule has 0 amide bonds. The van der Waals surface area contributed by atoms with Crippen LogP contribution in [0.15, 0.2) is 25.6 Å². The lowest BCUT2D eigenvalue weighted by Crippen LogP contribution is -2.48. The first-order valence-electron chi connectivity index (χ1n) is 6.71. The Hall–Kier alpha value is 0.380. The van der Waals surface area contributed by atoms with Crippen LogP contribution in [0.2, 0.25) is 0 Å². The van der Waals surface area contributed by atoms with Crippen LogP contribution in [0, 0.1) is 0 Å². The topological polar surface area (TPSA) is 24.5 Å². The Labute approximate surface area is 145 Å². The highest BCUT2D eigenvalue weighted by molar-refractivity contribution is 9.11. The minimum absolute atomic E-state index is 0.230. The van der Waals surface area contributed by atoms with Crippen molar-refractivity contribution in [3.63, 3.8) is 0 Å².